The molecule has 19 heavy (non-hydrogen) atoms. The van der Waals surface area contributed by atoms with Crippen LogP contribution in [0.4, 0.5) is 4.79 Å². The molecule has 0 aromatic heterocycles. The summed E-state index contributed by atoms with van der Waals surface area (Å²) < 4.78 is 10.2. The Morgan fingerprint density at radius 2 is 1.95 bits per heavy atom. The smallest absolute Gasteiger partial charge is 0.411 e. The second kappa shape index (κ2) is 5.63. The molecule has 0 N–H and O–H groups in total. The van der Waals surface area contributed by atoms with Crippen LogP contribution in [0, 0.1) is 0 Å². The summed E-state index contributed by atoms with van der Waals surface area (Å²) in [6.07, 6.45) is 4.31. The molecule has 1 amide bonds. The first-order valence-electron chi connectivity index (χ1n) is 6.50. The minimum atomic E-state index is -1.02. The lowest BCUT2D eigenvalue weighted by atomic mass is 9.96. The molecule has 0 aromatic rings. The Balaban J connectivity index is 3.04. The number of nitrogens with zero attached hydrogens (tertiary/aromatic N) is 1. The number of carbonyl (C=O) groups is 2. The van der Waals surface area contributed by atoms with Crippen molar-refractivity contribution in [1.82, 2.24) is 4.90 Å². The molecule has 1 saturated heterocycles. The van der Waals surface area contributed by atoms with E-state index in [1.807, 2.05) is 6.92 Å². The molecule has 1 heterocycles. The van der Waals surface area contributed by atoms with Crippen molar-refractivity contribution in [2.45, 2.75) is 51.7 Å². The molecule has 1 rings (SSSR count). The van der Waals surface area contributed by atoms with E-state index in [0.29, 0.717) is 13.0 Å². The molecule has 0 aliphatic carbocycles. The van der Waals surface area contributed by atoms with E-state index in [1.165, 1.54) is 12.0 Å². The van der Waals surface area contributed by atoms with Crippen molar-refractivity contribution in [3.63, 3.8) is 0 Å². The maximum absolute atomic E-state index is 12.2. The van der Waals surface area contributed by atoms with Gasteiger partial charge in [-0.1, -0.05) is 12.2 Å². The predicted molar refractivity (Wildman–Crippen MR) is 71.7 cm³/mol. The number of ether oxygens (including phenoxy) is 2. The van der Waals surface area contributed by atoms with Crippen molar-refractivity contribution in [2.24, 2.45) is 0 Å². The Bertz CT molecular complexity index is 383. The van der Waals surface area contributed by atoms with Crippen molar-refractivity contribution in [3.8, 4) is 0 Å². The lowest BCUT2D eigenvalue weighted by molar-refractivity contribution is -0.150. The number of likely N-dealkylation sites (tertiary alicyclic amines) is 1. The first-order chi connectivity index (χ1) is 8.77. The van der Waals surface area contributed by atoms with E-state index >= 15 is 0 Å². The number of amides is 1. The summed E-state index contributed by atoms with van der Waals surface area (Å²) in [7, 11) is 1.33. The highest BCUT2D eigenvalue weighted by molar-refractivity contribution is 5.88. The highest BCUT2D eigenvalue weighted by Gasteiger charge is 2.50. The lowest BCUT2D eigenvalue weighted by Crippen LogP contribution is -2.53. The van der Waals surface area contributed by atoms with E-state index in [-0.39, 0.29) is 0 Å². The summed E-state index contributed by atoms with van der Waals surface area (Å²) in [6, 6.07) is 0. The van der Waals surface area contributed by atoms with E-state index in [4.69, 9.17) is 9.47 Å². The van der Waals surface area contributed by atoms with Gasteiger partial charge in [0.2, 0.25) is 0 Å². The molecule has 5 nitrogen and oxygen atoms in total. The Labute approximate surface area is 114 Å². The van der Waals surface area contributed by atoms with Gasteiger partial charge in [-0.05, 0) is 40.5 Å². The van der Waals surface area contributed by atoms with Crippen molar-refractivity contribution in [2.75, 3.05) is 13.7 Å². The van der Waals surface area contributed by atoms with Crippen molar-refractivity contribution in [3.05, 3.63) is 12.2 Å². The summed E-state index contributed by atoms with van der Waals surface area (Å²) in [5.74, 6) is -0.422. The minimum absolute atomic E-state index is 0.422. The summed E-state index contributed by atoms with van der Waals surface area (Å²) in [6.45, 7) is 7.72. The topological polar surface area (TPSA) is 55.8 Å². The summed E-state index contributed by atoms with van der Waals surface area (Å²) in [4.78, 5) is 25.8. The van der Waals surface area contributed by atoms with Gasteiger partial charge >= 0.3 is 12.1 Å². The molecule has 1 aliphatic heterocycles. The molecule has 0 saturated carbocycles. The molecule has 0 radical (unpaired) electrons. The molecule has 1 atom stereocenters. The summed E-state index contributed by atoms with van der Waals surface area (Å²) >= 11 is 0. The third kappa shape index (κ3) is 3.28. The van der Waals surface area contributed by atoms with E-state index in [1.54, 1.807) is 32.9 Å². The number of methoxy groups -OCH3 is 1. The third-order valence-corrected chi connectivity index (χ3v) is 3.02. The zero-order valence-corrected chi connectivity index (χ0v) is 12.4. The van der Waals surface area contributed by atoms with Crippen molar-refractivity contribution in [1.29, 1.82) is 0 Å². The van der Waals surface area contributed by atoms with Gasteiger partial charge in [0.25, 0.3) is 0 Å². The van der Waals surface area contributed by atoms with E-state index < -0.39 is 23.2 Å². The Morgan fingerprint density at radius 1 is 1.32 bits per heavy atom. The van der Waals surface area contributed by atoms with Gasteiger partial charge in [-0.3, -0.25) is 4.90 Å². The van der Waals surface area contributed by atoms with E-state index in [2.05, 4.69) is 0 Å². The Hall–Kier alpha value is -1.52. The monoisotopic (exact) mass is 269 g/mol. The number of esters is 1. The quantitative estimate of drug-likeness (QED) is 0.571. The molecule has 0 bridgehead atoms. The average Bonchev–Trinajstić information content (AvgIpc) is 2.71. The number of hydrogen-bond donors (Lipinski definition) is 0. The highest BCUT2D eigenvalue weighted by atomic mass is 16.6. The van der Waals surface area contributed by atoms with Crippen LogP contribution >= 0.6 is 0 Å². The molecule has 1 unspecified atom stereocenters. The number of hydrogen-bond acceptors (Lipinski definition) is 4. The van der Waals surface area contributed by atoms with E-state index in [0.717, 1.165) is 6.42 Å². The SMILES string of the molecule is CC=CC1(C(=O)OC)CCCN1C(=O)OC(C)(C)C. The van der Waals surface area contributed by atoms with Crippen LogP contribution in [-0.2, 0) is 14.3 Å². The van der Waals surface area contributed by atoms with Crippen LogP contribution in [0.2, 0.25) is 0 Å². The molecule has 108 valence electrons. The largest absolute Gasteiger partial charge is 0.467 e. The van der Waals surface area contributed by atoms with Gasteiger partial charge in [-0.25, -0.2) is 9.59 Å². The maximum Gasteiger partial charge on any atom is 0.411 e. The molecular formula is C14H23NO4. The van der Waals surface area contributed by atoms with Crippen LogP contribution in [0.15, 0.2) is 12.2 Å². The Morgan fingerprint density at radius 3 is 2.42 bits per heavy atom. The van der Waals surface area contributed by atoms with Crippen LogP contribution < -0.4 is 0 Å². The molecule has 0 aromatic carbocycles. The lowest BCUT2D eigenvalue weighted by Gasteiger charge is -2.34. The maximum atomic E-state index is 12.2. The number of rotatable bonds is 2. The fraction of sp³-hybridized carbons (Fsp3) is 0.714. The minimum Gasteiger partial charge on any atom is -0.467 e. The van der Waals surface area contributed by atoms with Crippen LogP contribution in [0.5, 0.6) is 0 Å². The first-order valence-corrected chi connectivity index (χ1v) is 6.50. The zero-order valence-electron chi connectivity index (χ0n) is 12.4. The van der Waals surface area contributed by atoms with E-state index in [9.17, 15) is 9.59 Å². The van der Waals surface area contributed by atoms with Gasteiger partial charge in [0.1, 0.15) is 5.60 Å². The molecule has 1 fully saturated rings. The molecule has 0 spiro atoms. The number of allylic oxidation sites excluding steroid dienone is 1. The van der Waals surface area contributed by atoms with Crippen LogP contribution in [0.1, 0.15) is 40.5 Å². The first kappa shape index (κ1) is 15.5. The van der Waals surface area contributed by atoms with Gasteiger partial charge < -0.3 is 9.47 Å². The fourth-order valence-electron chi connectivity index (χ4n) is 2.32. The summed E-state index contributed by atoms with van der Waals surface area (Å²) in [5, 5.41) is 0. The van der Waals surface area contributed by atoms with Gasteiger partial charge in [0.15, 0.2) is 5.54 Å². The third-order valence-electron chi connectivity index (χ3n) is 3.02. The second-order valence-corrected chi connectivity index (χ2v) is 5.65. The predicted octanol–water partition coefficient (Wildman–Crippen LogP) is 2.51. The molecular weight excluding hydrogens is 246 g/mol. The normalized spacial score (nSPS) is 23.7. The van der Waals surface area contributed by atoms with Gasteiger partial charge in [-0.15, -0.1) is 0 Å². The van der Waals surface area contributed by atoms with Crippen LogP contribution in [-0.4, -0.2) is 41.8 Å². The Kier molecular flexibility index (Phi) is 4.61. The van der Waals surface area contributed by atoms with Crippen molar-refractivity contribution < 1.29 is 19.1 Å². The standard InChI is InChI=1S/C14H23NO4/c1-6-8-14(11(16)18-5)9-7-10-15(14)12(17)19-13(2,3)4/h6,8H,7,9-10H2,1-5H3. The van der Waals surface area contributed by atoms with Gasteiger partial charge in [0, 0.05) is 6.54 Å². The van der Waals surface area contributed by atoms with Crippen LogP contribution in [0.25, 0.3) is 0 Å². The number of carbonyl (C=O) groups excluding carboxylic acids is 2. The van der Waals surface area contributed by atoms with Crippen molar-refractivity contribution >= 4 is 12.1 Å². The van der Waals surface area contributed by atoms with Gasteiger partial charge in [-0.2, -0.15) is 0 Å². The molecule has 5 heteroatoms. The highest BCUT2D eigenvalue weighted by Crippen LogP contribution is 2.33. The second-order valence-electron chi connectivity index (χ2n) is 5.65. The van der Waals surface area contributed by atoms with Gasteiger partial charge in [0.05, 0.1) is 7.11 Å². The fourth-order valence-corrected chi connectivity index (χ4v) is 2.32. The summed E-state index contributed by atoms with van der Waals surface area (Å²) in [5.41, 5.74) is -1.61. The van der Waals surface area contributed by atoms with Crippen LogP contribution in [0.3, 0.4) is 0 Å². The molecule has 1 aliphatic rings. The zero-order chi connectivity index (χ0) is 14.7. The average molecular weight is 269 g/mol.